The molecular weight excluding hydrogens is 278 g/mol. The van der Waals surface area contributed by atoms with Gasteiger partial charge in [0.25, 0.3) is 0 Å². The first-order valence-electron chi connectivity index (χ1n) is 6.47. The maximum atomic E-state index is 12.4. The number of carbonyl (C=O) groups excluding carboxylic acids is 1. The molecule has 0 radical (unpaired) electrons. The Hall–Kier alpha value is -1.69. The van der Waals surface area contributed by atoms with Crippen molar-refractivity contribution in [3.8, 4) is 5.75 Å². The van der Waals surface area contributed by atoms with Crippen molar-refractivity contribution in [1.29, 1.82) is 0 Å². The van der Waals surface area contributed by atoms with E-state index in [2.05, 4.69) is 5.32 Å². The highest BCUT2D eigenvalue weighted by atomic mass is 32.2. The summed E-state index contributed by atoms with van der Waals surface area (Å²) >= 11 is 1.55. The van der Waals surface area contributed by atoms with Gasteiger partial charge in [-0.2, -0.15) is 11.8 Å². The average molecular weight is 293 g/mol. The second-order valence-electron chi connectivity index (χ2n) is 5.08. The van der Waals surface area contributed by atoms with E-state index in [1.807, 2.05) is 24.3 Å². The molecule has 2 atom stereocenters. The second-order valence-corrected chi connectivity index (χ2v) is 6.19. The smallest absolute Gasteiger partial charge is 0.330 e. The molecule has 1 amide bonds. The molecule has 1 saturated heterocycles. The molecular formula is C14H15NO4S. The SMILES string of the molecule is O=C(N[C@]1(C(=O)O)CCSC1)[C@H]1COc2ccccc21. The molecule has 0 unspecified atom stereocenters. The van der Waals surface area contributed by atoms with E-state index in [4.69, 9.17) is 4.74 Å². The first kappa shape index (κ1) is 13.3. The zero-order valence-electron chi connectivity index (χ0n) is 10.8. The third-order valence-corrected chi connectivity index (χ3v) is 5.00. The van der Waals surface area contributed by atoms with Crippen LogP contribution in [-0.4, -0.2) is 40.6 Å². The Labute approximate surface area is 120 Å². The van der Waals surface area contributed by atoms with Crippen LogP contribution in [-0.2, 0) is 9.59 Å². The fraction of sp³-hybridized carbons (Fsp3) is 0.429. The van der Waals surface area contributed by atoms with Gasteiger partial charge in [-0.15, -0.1) is 0 Å². The summed E-state index contributed by atoms with van der Waals surface area (Å²) in [6, 6.07) is 7.38. The predicted molar refractivity (Wildman–Crippen MR) is 75.1 cm³/mol. The summed E-state index contributed by atoms with van der Waals surface area (Å²) in [6.45, 7) is 0.272. The van der Waals surface area contributed by atoms with Gasteiger partial charge in [-0.25, -0.2) is 4.79 Å². The van der Waals surface area contributed by atoms with Crippen molar-refractivity contribution >= 4 is 23.6 Å². The van der Waals surface area contributed by atoms with Gasteiger partial charge in [0, 0.05) is 11.3 Å². The summed E-state index contributed by atoms with van der Waals surface area (Å²) in [7, 11) is 0. The standard InChI is InChI=1S/C14H15NO4S/c16-12(15-14(13(17)18)5-6-20-8-14)10-7-19-11-4-2-1-3-9(10)11/h1-4,10H,5-8H2,(H,15,16)(H,17,18)/t10-,14+/m0/s1. The summed E-state index contributed by atoms with van der Waals surface area (Å²) in [5.41, 5.74) is -0.296. The number of para-hydroxylation sites is 1. The van der Waals surface area contributed by atoms with Crippen LogP contribution in [0.5, 0.6) is 5.75 Å². The van der Waals surface area contributed by atoms with Gasteiger partial charge in [-0.1, -0.05) is 18.2 Å². The first-order valence-corrected chi connectivity index (χ1v) is 7.63. The van der Waals surface area contributed by atoms with Crippen LogP contribution in [0.3, 0.4) is 0 Å². The van der Waals surface area contributed by atoms with Crippen LogP contribution in [0.15, 0.2) is 24.3 Å². The van der Waals surface area contributed by atoms with E-state index >= 15 is 0 Å². The Morgan fingerprint density at radius 1 is 1.40 bits per heavy atom. The molecule has 1 aromatic carbocycles. The molecule has 0 spiro atoms. The lowest BCUT2D eigenvalue weighted by atomic mass is 9.95. The number of carbonyl (C=O) groups is 2. The van der Waals surface area contributed by atoms with E-state index < -0.39 is 17.4 Å². The van der Waals surface area contributed by atoms with E-state index in [0.29, 0.717) is 17.9 Å². The number of fused-ring (bicyclic) bond motifs is 1. The molecule has 5 nitrogen and oxygen atoms in total. The van der Waals surface area contributed by atoms with Crippen LogP contribution in [0, 0.1) is 0 Å². The Balaban J connectivity index is 1.79. The van der Waals surface area contributed by atoms with Crippen molar-refractivity contribution in [2.24, 2.45) is 0 Å². The quantitative estimate of drug-likeness (QED) is 0.877. The first-order chi connectivity index (χ1) is 9.62. The fourth-order valence-electron chi connectivity index (χ4n) is 2.59. The minimum Gasteiger partial charge on any atom is -0.492 e. The van der Waals surface area contributed by atoms with E-state index in [0.717, 1.165) is 11.3 Å². The number of carboxylic acids is 1. The number of amides is 1. The average Bonchev–Trinajstić information content (AvgIpc) is 3.05. The van der Waals surface area contributed by atoms with Gasteiger partial charge >= 0.3 is 5.97 Å². The number of carboxylic acid groups (broad SMARTS) is 1. The molecule has 1 fully saturated rings. The highest BCUT2D eigenvalue weighted by Crippen LogP contribution is 2.35. The molecule has 2 aliphatic heterocycles. The zero-order chi connectivity index (χ0) is 14.2. The molecule has 1 aromatic rings. The molecule has 2 N–H and O–H groups in total. The van der Waals surface area contributed by atoms with E-state index in [9.17, 15) is 14.7 Å². The molecule has 3 rings (SSSR count). The molecule has 0 aromatic heterocycles. The van der Waals surface area contributed by atoms with Crippen LogP contribution in [0.25, 0.3) is 0 Å². The topological polar surface area (TPSA) is 75.6 Å². The van der Waals surface area contributed by atoms with Crippen molar-refractivity contribution in [2.75, 3.05) is 18.1 Å². The van der Waals surface area contributed by atoms with Crippen LogP contribution in [0.1, 0.15) is 17.9 Å². The summed E-state index contributed by atoms with van der Waals surface area (Å²) < 4.78 is 5.48. The van der Waals surface area contributed by atoms with Crippen LogP contribution < -0.4 is 10.1 Å². The van der Waals surface area contributed by atoms with E-state index in [1.54, 1.807) is 11.8 Å². The van der Waals surface area contributed by atoms with Gasteiger partial charge in [0.2, 0.25) is 5.91 Å². The number of rotatable bonds is 3. The molecule has 0 saturated carbocycles. The highest BCUT2D eigenvalue weighted by Gasteiger charge is 2.45. The highest BCUT2D eigenvalue weighted by molar-refractivity contribution is 7.99. The second kappa shape index (κ2) is 5.01. The third-order valence-electron chi connectivity index (χ3n) is 3.81. The number of benzene rings is 1. The molecule has 2 heterocycles. The van der Waals surface area contributed by atoms with Crippen LogP contribution in [0.4, 0.5) is 0 Å². The molecule has 0 bridgehead atoms. The van der Waals surface area contributed by atoms with Gasteiger partial charge in [0.15, 0.2) is 0 Å². The maximum Gasteiger partial charge on any atom is 0.330 e. The summed E-state index contributed by atoms with van der Waals surface area (Å²) in [6.07, 6.45) is 0.466. The lowest BCUT2D eigenvalue weighted by molar-refractivity contribution is -0.146. The lowest BCUT2D eigenvalue weighted by Gasteiger charge is -2.26. The van der Waals surface area contributed by atoms with Crippen molar-refractivity contribution < 1.29 is 19.4 Å². The number of nitrogens with one attached hydrogen (secondary N) is 1. The van der Waals surface area contributed by atoms with Crippen molar-refractivity contribution in [1.82, 2.24) is 5.32 Å². The Kier molecular flexibility index (Phi) is 3.33. The van der Waals surface area contributed by atoms with Gasteiger partial charge < -0.3 is 15.2 Å². The Morgan fingerprint density at radius 3 is 2.90 bits per heavy atom. The lowest BCUT2D eigenvalue weighted by Crippen LogP contribution is -2.56. The van der Waals surface area contributed by atoms with E-state index in [1.165, 1.54) is 0 Å². The van der Waals surface area contributed by atoms with Crippen molar-refractivity contribution in [3.63, 3.8) is 0 Å². The minimum absolute atomic E-state index is 0.264. The van der Waals surface area contributed by atoms with E-state index in [-0.39, 0.29) is 12.5 Å². The number of aliphatic carboxylic acids is 1. The van der Waals surface area contributed by atoms with Gasteiger partial charge in [-0.05, 0) is 18.2 Å². The maximum absolute atomic E-state index is 12.4. The largest absolute Gasteiger partial charge is 0.492 e. The monoisotopic (exact) mass is 293 g/mol. The third kappa shape index (κ3) is 2.14. The molecule has 6 heteroatoms. The summed E-state index contributed by atoms with van der Waals surface area (Å²) in [4.78, 5) is 23.9. The number of hydrogen-bond acceptors (Lipinski definition) is 4. The number of thioether (sulfide) groups is 1. The number of hydrogen-bond donors (Lipinski definition) is 2. The molecule has 106 valence electrons. The van der Waals surface area contributed by atoms with Gasteiger partial charge in [0.1, 0.15) is 23.8 Å². The Morgan fingerprint density at radius 2 is 2.20 bits per heavy atom. The van der Waals surface area contributed by atoms with Gasteiger partial charge in [-0.3, -0.25) is 4.79 Å². The molecule has 0 aliphatic carbocycles. The summed E-state index contributed by atoms with van der Waals surface area (Å²) in [5.74, 6) is 0.238. The van der Waals surface area contributed by atoms with Gasteiger partial charge in [0.05, 0.1) is 0 Å². The van der Waals surface area contributed by atoms with Crippen molar-refractivity contribution in [3.05, 3.63) is 29.8 Å². The predicted octanol–water partition coefficient (Wildman–Crippen LogP) is 1.24. The van der Waals surface area contributed by atoms with Crippen LogP contribution in [0.2, 0.25) is 0 Å². The van der Waals surface area contributed by atoms with Crippen molar-refractivity contribution in [2.45, 2.75) is 17.9 Å². The number of ether oxygens (including phenoxy) is 1. The molecule has 2 aliphatic rings. The Bertz CT molecular complexity index is 554. The fourth-order valence-corrected chi connectivity index (χ4v) is 3.91. The normalized spacial score (nSPS) is 27.7. The minimum atomic E-state index is -1.13. The van der Waals surface area contributed by atoms with Crippen LogP contribution >= 0.6 is 11.8 Å². The molecule has 20 heavy (non-hydrogen) atoms. The summed E-state index contributed by atoms with van der Waals surface area (Å²) in [5, 5.41) is 12.1. The zero-order valence-corrected chi connectivity index (χ0v) is 11.6.